The van der Waals surface area contributed by atoms with E-state index >= 15 is 0 Å². The van der Waals surface area contributed by atoms with Crippen LogP contribution in [0.2, 0.25) is 0 Å². The van der Waals surface area contributed by atoms with Crippen LogP contribution in [0.5, 0.6) is 0 Å². The molecule has 0 spiro atoms. The first-order chi connectivity index (χ1) is 9.25. The number of aryl methyl sites for hydroxylation is 1. The van der Waals surface area contributed by atoms with Gasteiger partial charge in [0, 0.05) is 24.4 Å². The number of carbonyl (C=O) groups is 1. The van der Waals surface area contributed by atoms with E-state index in [4.69, 9.17) is 4.42 Å². The molecule has 1 fully saturated rings. The molecule has 2 aromatic rings. The monoisotopic (exact) mass is 277 g/mol. The number of piperidine rings is 1. The van der Waals surface area contributed by atoms with Crippen LogP contribution in [-0.4, -0.2) is 33.3 Å². The Morgan fingerprint density at radius 3 is 2.84 bits per heavy atom. The number of rotatable bonds is 2. The van der Waals surface area contributed by atoms with Crippen molar-refractivity contribution in [3.05, 3.63) is 35.0 Å². The molecule has 1 aliphatic heterocycles. The maximum Gasteiger partial charge on any atom is 0.256 e. The standard InChI is InChI=1S/C13H15N3O2S/c1-9-11(7-19-15-9)13(17)16-4-2-10(3-5-16)12-6-14-8-18-12/h6-8,10H,2-5H2,1H3. The molecule has 0 atom stereocenters. The first-order valence-corrected chi connectivity index (χ1v) is 7.18. The Morgan fingerprint density at radius 2 is 2.26 bits per heavy atom. The Labute approximate surface area is 115 Å². The van der Waals surface area contributed by atoms with Gasteiger partial charge >= 0.3 is 0 Å². The lowest BCUT2D eigenvalue weighted by atomic mass is 9.94. The smallest absolute Gasteiger partial charge is 0.256 e. The highest BCUT2D eigenvalue weighted by atomic mass is 32.1. The van der Waals surface area contributed by atoms with Crippen LogP contribution >= 0.6 is 11.5 Å². The van der Waals surface area contributed by atoms with Crippen LogP contribution in [0.4, 0.5) is 0 Å². The number of hydrogen-bond donors (Lipinski definition) is 0. The second kappa shape index (κ2) is 5.13. The van der Waals surface area contributed by atoms with Gasteiger partial charge in [0.1, 0.15) is 5.76 Å². The molecule has 0 saturated carbocycles. The maximum atomic E-state index is 12.3. The summed E-state index contributed by atoms with van der Waals surface area (Å²) in [4.78, 5) is 18.2. The summed E-state index contributed by atoms with van der Waals surface area (Å²) in [5, 5.41) is 1.83. The molecular formula is C13H15N3O2S. The molecule has 1 aliphatic rings. The van der Waals surface area contributed by atoms with Crippen molar-refractivity contribution in [2.24, 2.45) is 0 Å². The van der Waals surface area contributed by atoms with Gasteiger partial charge in [-0.05, 0) is 31.3 Å². The Bertz CT molecular complexity index is 556. The summed E-state index contributed by atoms with van der Waals surface area (Å²) in [5.74, 6) is 1.41. The van der Waals surface area contributed by atoms with Gasteiger partial charge in [0.2, 0.25) is 0 Å². The zero-order valence-corrected chi connectivity index (χ0v) is 11.5. The molecule has 0 N–H and O–H groups in total. The lowest BCUT2D eigenvalue weighted by molar-refractivity contribution is 0.0707. The molecule has 100 valence electrons. The predicted octanol–water partition coefficient (Wildman–Crippen LogP) is 2.46. The molecule has 3 rings (SSSR count). The van der Waals surface area contributed by atoms with Gasteiger partial charge in [-0.3, -0.25) is 4.79 Å². The summed E-state index contributed by atoms with van der Waals surface area (Å²) in [6.45, 7) is 3.41. The van der Waals surface area contributed by atoms with Crippen molar-refractivity contribution in [1.82, 2.24) is 14.3 Å². The highest BCUT2D eigenvalue weighted by Crippen LogP contribution is 2.28. The molecule has 19 heavy (non-hydrogen) atoms. The van der Waals surface area contributed by atoms with E-state index in [-0.39, 0.29) is 5.91 Å². The minimum atomic E-state index is 0.0993. The fourth-order valence-corrected chi connectivity index (χ4v) is 3.15. The van der Waals surface area contributed by atoms with E-state index < -0.39 is 0 Å². The first kappa shape index (κ1) is 12.3. The average molecular weight is 277 g/mol. The van der Waals surface area contributed by atoms with Crippen molar-refractivity contribution in [3.8, 4) is 0 Å². The Kier molecular flexibility index (Phi) is 3.33. The highest BCUT2D eigenvalue weighted by molar-refractivity contribution is 7.03. The van der Waals surface area contributed by atoms with Crippen molar-refractivity contribution in [2.75, 3.05) is 13.1 Å². The summed E-state index contributed by atoms with van der Waals surface area (Å²) in [6.07, 6.45) is 5.09. The second-order valence-corrected chi connectivity index (χ2v) is 5.41. The zero-order chi connectivity index (χ0) is 13.2. The van der Waals surface area contributed by atoms with E-state index in [2.05, 4.69) is 9.36 Å². The van der Waals surface area contributed by atoms with Crippen LogP contribution < -0.4 is 0 Å². The number of amides is 1. The summed E-state index contributed by atoms with van der Waals surface area (Å²) in [6, 6.07) is 0. The number of aromatic nitrogens is 2. The molecule has 5 nitrogen and oxygen atoms in total. The lowest BCUT2D eigenvalue weighted by Gasteiger charge is -2.30. The number of oxazole rings is 1. The van der Waals surface area contributed by atoms with Gasteiger partial charge in [-0.2, -0.15) is 4.37 Å². The largest absolute Gasteiger partial charge is 0.448 e. The van der Waals surface area contributed by atoms with Gasteiger partial charge in [0.05, 0.1) is 17.5 Å². The molecule has 0 radical (unpaired) electrons. The SMILES string of the molecule is Cc1nscc1C(=O)N1CCC(c2cnco2)CC1. The molecule has 0 aliphatic carbocycles. The van der Waals surface area contributed by atoms with Crippen LogP contribution in [-0.2, 0) is 0 Å². The third-order valence-electron chi connectivity index (χ3n) is 3.62. The lowest BCUT2D eigenvalue weighted by Crippen LogP contribution is -2.38. The first-order valence-electron chi connectivity index (χ1n) is 6.34. The third kappa shape index (κ3) is 2.40. The topological polar surface area (TPSA) is 59.2 Å². The van der Waals surface area contributed by atoms with E-state index in [9.17, 15) is 4.79 Å². The molecule has 3 heterocycles. The van der Waals surface area contributed by atoms with Crippen molar-refractivity contribution in [3.63, 3.8) is 0 Å². The summed E-state index contributed by atoms with van der Waals surface area (Å²) < 4.78 is 9.50. The molecule has 1 amide bonds. The molecular weight excluding hydrogens is 262 g/mol. The molecule has 2 aromatic heterocycles. The summed E-state index contributed by atoms with van der Waals surface area (Å²) >= 11 is 1.34. The van der Waals surface area contributed by atoms with Gasteiger partial charge in [-0.1, -0.05) is 0 Å². The average Bonchev–Trinajstić information content (AvgIpc) is 3.09. The third-order valence-corrected chi connectivity index (χ3v) is 4.34. The van der Waals surface area contributed by atoms with E-state index in [0.29, 0.717) is 5.92 Å². The van der Waals surface area contributed by atoms with Crippen LogP contribution in [0.25, 0.3) is 0 Å². The van der Waals surface area contributed by atoms with Crippen LogP contribution in [0.1, 0.15) is 40.6 Å². The predicted molar refractivity (Wildman–Crippen MR) is 71.2 cm³/mol. The minimum Gasteiger partial charge on any atom is -0.448 e. The highest BCUT2D eigenvalue weighted by Gasteiger charge is 2.27. The van der Waals surface area contributed by atoms with Gasteiger partial charge in [-0.25, -0.2) is 4.98 Å². The maximum absolute atomic E-state index is 12.3. The minimum absolute atomic E-state index is 0.0993. The molecule has 1 saturated heterocycles. The van der Waals surface area contributed by atoms with Gasteiger partial charge in [-0.15, -0.1) is 0 Å². The van der Waals surface area contributed by atoms with Crippen molar-refractivity contribution < 1.29 is 9.21 Å². The number of carbonyl (C=O) groups excluding carboxylic acids is 1. The molecule has 0 bridgehead atoms. The van der Waals surface area contributed by atoms with Gasteiger partial charge in [0.15, 0.2) is 6.39 Å². The molecule has 0 unspecified atom stereocenters. The molecule has 6 heteroatoms. The second-order valence-electron chi connectivity index (χ2n) is 4.78. The van der Waals surface area contributed by atoms with Gasteiger partial charge in [0.25, 0.3) is 5.91 Å². The van der Waals surface area contributed by atoms with Crippen LogP contribution in [0.15, 0.2) is 22.4 Å². The van der Waals surface area contributed by atoms with Crippen LogP contribution in [0, 0.1) is 6.92 Å². The Balaban J connectivity index is 1.64. The normalized spacial score (nSPS) is 16.8. The molecule has 0 aromatic carbocycles. The fourth-order valence-electron chi connectivity index (χ4n) is 2.46. The zero-order valence-electron chi connectivity index (χ0n) is 10.7. The Hall–Kier alpha value is -1.69. The Morgan fingerprint density at radius 1 is 1.47 bits per heavy atom. The van der Waals surface area contributed by atoms with Crippen molar-refractivity contribution >= 4 is 17.4 Å². The quantitative estimate of drug-likeness (QED) is 0.846. The summed E-state index contributed by atoms with van der Waals surface area (Å²) in [5.41, 5.74) is 1.57. The number of nitrogens with zero attached hydrogens (tertiary/aromatic N) is 3. The van der Waals surface area contributed by atoms with Crippen molar-refractivity contribution in [2.45, 2.75) is 25.7 Å². The number of likely N-dealkylation sites (tertiary alicyclic amines) is 1. The van der Waals surface area contributed by atoms with Crippen LogP contribution in [0.3, 0.4) is 0 Å². The summed E-state index contributed by atoms with van der Waals surface area (Å²) in [7, 11) is 0. The fraction of sp³-hybridized carbons (Fsp3) is 0.462. The number of hydrogen-bond acceptors (Lipinski definition) is 5. The van der Waals surface area contributed by atoms with Gasteiger partial charge < -0.3 is 9.32 Å². The van der Waals surface area contributed by atoms with E-state index in [1.54, 1.807) is 6.20 Å². The van der Waals surface area contributed by atoms with Crippen molar-refractivity contribution in [1.29, 1.82) is 0 Å². The van der Waals surface area contributed by atoms with E-state index in [1.807, 2.05) is 17.2 Å². The van der Waals surface area contributed by atoms with E-state index in [0.717, 1.165) is 42.9 Å². The van der Waals surface area contributed by atoms with E-state index in [1.165, 1.54) is 17.9 Å².